The molecule has 3 rings (SSSR count). The number of carbonyl (C=O) groups excluding carboxylic acids is 2. The van der Waals surface area contributed by atoms with E-state index in [-0.39, 0.29) is 31.9 Å². The number of rotatable bonds is 6. The Bertz CT molecular complexity index is 1280. The first-order valence-electron chi connectivity index (χ1n) is 12.4. The molecule has 0 unspecified atom stereocenters. The summed E-state index contributed by atoms with van der Waals surface area (Å²) in [4.78, 5) is 39.0. The summed E-state index contributed by atoms with van der Waals surface area (Å²) in [6.45, 7) is 2.72. The minimum atomic E-state index is -5.07. The predicted octanol–water partition coefficient (Wildman–Crippen LogP) is 6.72. The van der Waals surface area contributed by atoms with Crippen LogP contribution in [0.2, 0.25) is 0 Å². The Morgan fingerprint density at radius 3 is 2.20 bits per heavy atom. The molecule has 14 heteroatoms. The number of benzene rings is 2. The Kier molecular flexibility index (Phi) is 8.94. The Labute approximate surface area is 230 Å². The van der Waals surface area contributed by atoms with Gasteiger partial charge in [0, 0.05) is 20.0 Å². The highest BCUT2D eigenvalue weighted by atomic mass is 19.4. The zero-order valence-electron chi connectivity index (χ0n) is 22.2. The second-order valence-corrected chi connectivity index (χ2v) is 10.2. The second-order valence-electron chi connectivity index (χ2n) is 10.2. The van der Waals surface area contributed by atoms with Crippen LogP contribution in [0.15, 0.2) is 36.4 Å². The highest BCUT2D eigenvalue weighted by Crippen LogP contribution is 2.42. The number of nitrogens with one attached hydrogen (secondary N) is 1. The molecule has 41 heavy (non-hydrogen) atoms. The molecular weight excluding hydrogens is 563 g/mol. The van der Waals surface area contributed by atoms with Crippen molar-refractivity contribution in [3.05, 3.63) is 70.0 Å². The van der Waals surface area contributed by atoms with Gasteiger partial charge >= 0.3 is 24.5 Å². The number of carboxylic acid groups (broad SMARTS) is 1. The van der Waals surface area contributed by atoms with Crippen LogP contribution in [0.25, 0.3) is 0 Å². The number of halogens is 7. The molecule has 0 bridgehead atoms. The molecule has 3 amide bonds. The van der Waals surface area contributed by atoms with Crippen molar-refractivity contribution in [2.45, 2.75) is 63.1 Å². The average Bonchev–Trinajstić information content (AvgIpc) is 2.86. The zero-order valence-corrected chi connectivity index (χ0v) is 22.2. The maximum Gasteiger partial charge on any atom is 0.416 e. The van der Waals surface area contributed by atoms with Gasteiger partial charge in [0.1, 0.15) is 12.1 Å². The number of likely N-dealkylation sites (tertiary alicyclic amines) is 1. The van der Waals surface area contributed by atoms with Crippen LogP contribution in [0.4, 0.5) is 40.3 Å². The molecular formula is C27H28F7N3O4. The van der Waals surface area contributed by atoms with Crippen molar-refractivity contribution in [3.8, 4) is 0 Å². The summed E-state index contributed by atoms with van der Waals surface area (Å²) in [5.74, 6) is -0.571. The van der Waals surface area contributed by atoms with Gasteiger partial charge in [-0.25, -0.2) is 14.0 Å². The molecule has 0 aliphatic carbocycles. The van der Waals surface area contributed by atoms with Gasteiger partial charge < -0.3 is 25.0 Å². The van der Waals surface area contributed by atoms with Gasteiger partial charge in [-0.15, -0.1) is 0 Å². The van der Waals surface area contributed by atoms with E-state index >= 15 is 0 Å². The molecule has 1 heterocycles. The third kappa shape index (κ3) is 7.09. The van der Waals surface area contributed by atoms with Crippen molar-refractivity contribution in [1.29, 1.82) is 0 Å². The lowest BCUT2D eigenvalue weighted by molar-refractivity contribution is -0.143. The number of piperidine rings is 1. The predicted molar refractivity (Wildman–Crippen MR) is 132 cm³/mol. The first-order chi connectivity index (χ1) is 18.9. The van der Waals surface area contributed by atoms with Crippen molar-refractivity contribution in [3.63, 3.8) is 0 Å². The van der Waals surface area contributed by atoms with Crippen LogP contribution in [-0.4, -0.2) is 52.4 Å². The van der Waals surface area contributed by atoms with Gasteiger partial charge in [-0.1, -0.05) is 6.07 Å². The molecule has 1 saturated heterocycles. The molecule has 2 aromatic carbocycles. The summed E-state index contributed by atoms with van der Waals surface area (Å²) in [6, 6.07) is 1.90. The molecule has 2 aromatic rings. The second kappa shape index (κ2) is 11.6. The Morgan fingerprint density at radius 1 is 1.12 bits per heavy atom. The van der Waals surface area contributed by atoms with Crippen LogP contribution >= 0.6 is 0 Å². The van der Waals surface area contributed by atoms with Crippen LogP contribution < -0.4 is 5.32 Å². The fourth-order valence-corrected chi connectivity index (χ4v) is 5.14. The van der Waals surface area contributed by atoms with Crippen molar-refractivity contribution >= 4 is 18.4 Å². The topological polar surface area (TPSA) is 90.0 Å². The molecule has 1 aliphatic heterocycles. The molecule has 1 aliphatic rings. The van der Waals surface area contributed by atoms with Gasteiger partial charge in [0.2, 0.25) is 0 Å². The van der Waals surface area contributed by atoms with E-state index in [1.165, 1.54) is 31.0 Å². The fourth-order valence-electron chi connectivity index (χ4n) is 5.14. The number of alkyl halides is 6. The highest BCUT2D eigenvalue weighted by Gasteiger charge is 2.45. The molecule has 3 atom stereocenters. The van der Waals surface area contributed by atoms with E-state index in [0.717, 1.165) is 11.0 Å². The van der Waals surface area contributed by atoms with Crippen LogP contribution in [0, 0.1) is 12.7 Å². The van der Waals surface area contributed by atoms with Crippen molar-refractivity contribution < 1.29 is 50.2 Å². The van der Waals surface area contributed by atoms with Gasteiger partial charge in [-0.2, -0.15) is 26.3 Å². The lowest BCUT2D eigenvalue weighted by Gasteiger charge is -2.47. The number of aryl methyl sites for hydroxylation is 1. The number of amides is 3. The van der Waals surface area contributed by atoms with Crippen LogP contribution in [-0.2, 0) is 17.1 Å². The number of urea groups is 1. The standard InChI is InChI=1S/C27H28F7N3O4/c1-15-10-20(28)4-5-21(15)22-14-25(7-9-38,35-23(39)40)6-8-37(22)24(41)36(3)16(2)17-11-18(26(29,30)31)13-19(12-17)27(32,33)34/h4-5,9-13,16,22,35H,6-8,14H2,1-3H3,(H,39,40)/t16-,22-,25-/m1/s1. The lowest BCUT2D eigenvalue weighted by Crippen LogP contribution is -2.58. The van der Waals surface area contributed by atoms with Crippen LogP contribution in [0.5, 0.6) is 0 Å². The normalized spacial score (nSPS) is 20.3. The largest absolute Gasteiger partial charge is 0.465 e. The SMILES string of the molecule is Cc1cc(F)ccc1[C@H]1C[C@@](CC=O)(NC(=O)O)CCN1C(=O)N(C)[C@H](C)c1cc(C(F)(F)F)cc(C(F)(F)F)c1. The van der Waals surface area contributed by atoms with E-state index in [0.29, 0.717) is 29.5 Å². The summed E-state index contributed by atoms with van der Waals surface area (Å²) in [5.41, 5.74) is -3.88. The number of hydrogen-bond acceptors (Lipinski definition) is 3. The van der Waals surface area contributed by atoms with Crippen LogP contribution in [0.3, 0.4) is 0 Å². The van der Waals surface area contributed by atoms with E-state index in [9.17, 15) is 50.2 Å². The number of aldehydes is 1. The van der Waals surface area contributed by atoms with Crippen molar-refractivity contribution in [2.24, 2.45) is 0 Å². The summed E-state index contributed by atoms with van der Waals surface area (Å²) in [5, 5.41) is 11.8. The molecule has 1 fully saturated rings. The lowest BCUT2D eigenvalue weighted by atomic mass is 9.78. The first kappa shape index (κ1) is 31.7. The summed E-state index contributed by atoms with van der Waals surface area (Å²) >= 11 is 0. The van der Waals surface area contributed by atoms with Crippen molar-refractivity contribution in [2.75, 3.05) is 13.6 Å². The van der Waals surface area contributed by atoms with E-state index in [2.05, 4.69) is 5.32 Å². The van der Waals surface area contributed by atoms with Gasteiger partial charge in [0.25, 0.3) is 0 Å². The van der Waals surface area contributed by atoms with Gasteiger partial charge in [0.15, 0.2) is 0 Å². The highest BCUT2D eigenvalue weighted by molar-refractivity contribution is 5.76. The molecule has 0 spiro atoms. The number of hydrogen-bond donors (Lipinski definition) is 2. The number of nitrogens with zero attached hydrogens (tertiary/aromatic N) is 2. The fraction of sp³-hybridized carbons (Fsp3) is 0.444. The Balaban J connectivity index is 2.04. The smallest absolute Gasteiger partial charge is 0.416 e. The monoisotopic (exact) mass is 591 g/mol. The third-order valence-electron chi connectivity index (χ3n) is 7.45. The van der Waals surface area contributed by atoms with Gasteiger partial charge in [-0.3, -0.25) is 0 Å². The summed E-state index contributed by atoms with van der Waals surface area (Å²) in [7, 11) is 1.22. The van der Waals surface area contributed by atoms with E-state index in [1.54, 1.807) is 6.92 Å². The van der Waals surface area contributed by atoms with Crippen molar-refractivity contribution in [1.82, 2.24) is 15.1 Å². The third-order valence-corrected chi connectivity index (χ3v) is 7.45. The van der Waals surface area contributed by atoms with E-state index in [4.69, 9.17) is 0 Å². The minimum absolute atomic E-state index is 0.00190. The molecule has 7 nitrogen and oxygen atoms in total. The molecule has 2 N–H and O–H groups in total. The number of carbonyl (C=O) groups is 3. The Morgan fingerprint density at radius 2 is 1.71 bits per heavy atom. The maximum absolute atomic E-state index is 13.9. The van der Waals surface area contributed by atoms with Gasteiger partial charge in [-0.05, 0) is 73.7 Å². The van der Waals surface area contributed by atoms with E-state index in [1.807, 2.05) is 0 Å². The molecule has 224 valence electrons. The van der Waals surface area contributed by atoms with E-state index < -0.39 is 64.6 Å². The summed E-state index contributed by atoms with van der Waals surface area (Å²) in [6.07, 6.45) is -11.4. The Hall–Kier alpha value is -3.84. The first-order valence-corrected chi connectivity index (χ1v) is 12.4. The molecule has 0 radical (unpaired) electrons. The zero-order chi connectivity index (χ0) is 30.9. The summed E-state index contributed by atoms with van der Waals surface area (Å²) < 4.78 is 94.4. The molecule has 0 saturated carbocycles. The molecule has 0 aromatic heterocycles. The quantitative estimate of drug-likeness (QED) is 0.289. The average molecular weight is 592 g/mol. The maximum atomic E-state index is 13.9. The van der Waals surface area contributed by atoms with Gasteiger partial charge in [0.05, 0.1) is 28.7 Å². The minimum Gasteiger partial charge on any atom is -0.465 e. The van der Waals surface area contributed by atoms with Crippen LogP contribution in [0.1, 0.15) is 66.1 Å².